The first kappa shape index (κ1) is 20.5. The molecule has 0 fully saturated rings. The molecule has 1 heterocycles. The van der Waals surface area contributed by atoms with E-state index in [1.807, 2.05) is 25.5 Å². The second kappa shape index (κ2) is 9.21. The van der Waals surface area contributed by atoms with Crippen LogP contribution in [0.25, 0.3) is 0 Å². The third kappa shape index (κ3) is 5.57. The number of carbonyl (C=O) groups excluding carboxylic acids is 2. The number of amides is 2. The maximum absolute atomic E-state index is 12.2. The quantitative estimate of drug-likeness (QED) is 0.732. The van der Waals surface area contributed by atoms with Crippen molar-refractivity contribution in [2.45, 2.75) is 47.6 Å². The average Bonchev–Trinajstić information content (AvgIpc) is 2.87. The molecule has 2 amide bonds. The first-order chi connectivity index (χ1) is 12.8. The SMILES string of the molecule is CCOc1ccc(C(=O)NNC(=O)Cc2c(C)nn(CC(C)C)c2C)cc1. The minimum Gasteiger partial charge on any atom is -0.494 e. The molecule has 0 aliphatic rings. The van der Waals surface area contributed by atoms with Crippen molar-refractivity contribution >= 4 is 11.8 Å². The molecule has 27 heavy (non-hydrogen) atoms. The summed E-state index contributed by atoms with van der Waals surface area (Å²) in [4.78, 5) is 24.4. The van der Waals surface area contributed by atoms with Crippen LogP contribution >= 0.6 is 0 Å². The van der Waals surface area contributed by atoms with Crippen molar-refractivity contribution in [3.05, 3.63) is 46.8 Å². The molecule has 7 nitrogen and oxygen atoms in total. The van der Waals surface area contributed by atoms with Gasteiger partial charge in [0.2, 0.25) is 5.91 Å². The Balaban J connectivity index is 1.92. The highest BCUT2D eigenvalue weighted by molar-refractivity contribution is 5.95. The van der Waals surface area contributed by atoms with Gasteiger partial charge in [0.05, 0.1) is 18.7 Å². The van der Waals surface area contributed by atoms with Gasteiger partial charge in [-0.1, -0.05) is 13.8 Å². The van der Waals surface area contributed by atoms with Crippen molar-refractivity contribution in [2.75, 3.05) is 6.61 Å². The lowest BCUT2D eigenvalue weighted by atomic mass is 10.1. The average molecular weight is 372 g/mol. The van der Waals surface area contributed by atoms with E-state index in [0.717, 1.165) is 23.5 Å². The van der Waals surface area contributed by atoms with Crippen LogP contribution < -0.4 is 15.6 Å². The number of nitrogens with one attached hydrogen (secondary N) is 2. The van der Waals surface area contributed by atoms with Crippen LogP contribution in [0.2, 0.25) is 0 Å². The first-order valence-electron chi connectivity index (χ1n) is 9.16. The summed E-state index contributed by atoms with van der Waals surface area (Å²) in [5.41, 5.74) is 8.06. The Labute approximate surface area is 160 Å². The molecule has 2 rings (SSSR count). The maximum atomic E-state index is 12.2. The van der Waals surface area contributed by atoms with Crippen molar-refractivity contribution < 1.29 is 14.3 Å². The molecule has 0 spiro atoms. The molecule has 146 valence electrons. The molecule has 2 N–H and O–H groups in total. The largest absolute Gasteiger partial charge is 0.494 e. The van der Waals surface area contributed by atoms with E-state index in [1.54, 1.807) is 24.3 Å². The van der Waals surface area contributed by atoms with Gasteiger partial charge in [0.25, 0.3) is 5.91 Å². The molecule has 0 aliphatic heterocycles. The summed E-state index contributed by atoms with van der Waals surface area (Å²) in [7, 11) is 0. The minimum absolute atomic E-state index is 0.166. The lowest BCUT2D eigenvalue weighted by Crippen LogP contribution is -2.42. The minimum atomic E-state index is -0.379. The third-order valence-electron chi connectivity index (χ3n) is 4.15. The summed E-state index contributed by atoms with van der Waals surface area (Å²) in [5, 5.41) is 4.51. The van der Waals surface area contributed by atoms with Crippen LogP contribution in [-0.2, 0) is 17.8 Å². The number of carbonyl (C=O) groups is 2. The Morgan fingerprint density at radius 2 is 1.81 bits per heavy atom. The van der Waals surface area contributed by atoms with Crippen LogP contribution in [0.15, 0.2) is 24.3 Å². The second-order valence-corrected chi connectivity index (χ2v) is 6.86. The molecule has 0 bridgehead atoms. The van der Waals surface area contributed by atoms with Crippen LogP contribution in [0, 0.1) is 19.8 Å². The van der Waals surface area contributed by atoms with E-state index in [1.165, 1.54) is 0 Å². The van der Waals surface area contributed by atoms with Crippen molar-refractivity contribution in [3.8, 4) is 5.75 Å². The van der Waals surface area contributed by atoms with E-state index in [-0.39, 0.29) is 18.2 Å². The number of ether oxygens (including phenoxy) is 1. The standard InChI is InChI=1S/C20H28N4O3/c1-6-27-17-9-7-16(8-10-17)20(26)22-21-19(25)11-18-14(4)23-24(15(18)5)12-13(2)3/h7-10,13H,6,11-12H2,1-5H3,(H,21,25)(H,22,26). The lowest BCUT2D eigenvalue weighted by Gasteiger charge is -2.09. The van der Waals surface area contributed by atoms with E-state index in [2.05, 4.69) is 29.8 Å². The molecular weight excluding hydrogens is 344 g/mol. The highest BCUT2D eigenvalue weighted by atomic mass is 16.5. The smallest absolute Gasteiger partial charge is 0.269 e. The predicted molar refractivity (Wildman–Crippen MR) is 103 cm³/mol. The molecule has 7 heteroatoms. The van der Waals surface area contributed by atoms with E-state index < -0.39 is 0 Å². The number of aromatic nitrogens is 2. The fourth-order valence-corrected chi connectivity index (χ4v) is 2.79. The van der Waals surface area contributed by atoms with Gasteiger partial charge in [0, 0.05) is 23.4 Å². The van der Waals surface area contributed by atoms with Crippen LogP contribution in [-0.4, -0.2) is 28.2 Å². The molecule has 2 aromatic rings. The van der Waals surface area contributed by atoms with Crippen molar-refractivity contribution in [1.82, 2.24) is 20.6 Å². The second-order valence-electron chi connectivity index (χ2n) is 6.86. The molecule has 0 saturated carbocycles. The highest BCUT2D eigenvalue weighted by Crippen LogP contribution is 2.15. The molecule has 0 atom stereocenters. The van der Waals surface area contributed by atoms with Crippen molar-refractivity contribution in [3.63, 3.8) is 0 Å². The maximum Gasteiger partial charge on any atom is 0.269 e. The van der Waals surface area contributed by atoms with Gasteiger partial charge in [0.1, 0.15) is 5.75 Å². The van der Waals surface area contributed by atoms with E-state index in [0.29, 0.717) is 23.8 Å². The number of hydrazine groups is 1. The summed E-state index contributed by atoms with van der Waals surface area (Å²) >= 11 is 0. The Kier molecular flexibility index (Phi) is 6.98. The summed E-state index contributed by atoms with van der Waals surface area (Å²) in [6, 6.07) is 6.74. The summed E-state index contributed by atoms with van der Waals surface area (Å²) in [6.07, 6.45) is 0.166. The number of aryl methyl sites for hydroxylation is 1. The van der Waals surface area contributed by atoms with Crippen LogP contribution in [0.5, 0.6) is 5.75 Å². The fraction of sp³-hybridized carbons (Fsp3) is 0.450. The van der Waals surface area contributed by atoms with Crippen molar-refractivity contribution in [1.29, 1.82) is 0 Å². The fourth-order valence-electron chi connectivity index (χ4n) is 2.79. The van der Waals surface area contributed by atoms with Crippen molar-refractivity contribution in [2.24, 2.45) is 5.92 Å². The zero-order valence-electron chi connectivity index (χ0n) is 16.6. The topological polar surface area (TPSA) is 85.2 Å². The van der Waals surface area contributed by atoms with Gasteiger partial charge < -0.3 is 4.74 Å². The number of hydrogen-bond acceptors (Lipinski definition) is 4. The molecule has 1 aromatic heterocycles. The van der Waals surface area contributed by atoms with E-state index in [9.17, 15) is 9.59 Å². The molecule has 0 radical (unpaired) electrons. The zero-order chi connectivity index (χ0) is 20.0. The van der Waals surface area contributed by atoms with Crippen LogP contribution in [0.3, 0.4) is 0 Å². The van der Waals surface area contributed by atoms with E-state index >= 15 is 0 Å². The Morgan fingerprint density at radius 1 is 1.15 bits per heavy atom. The van der Waals surface area contributed by atoms with E-state index in [4.69, 9.17) is 4.74 Å². The Morgan fingerprint density at radius 3 is 2.41 bits per heavy atom. The normalized spacial score (nSPS) is 10.7. The lowest BCUT2D eigenvalue weighted by molar-refractivity contribution is -0.121. The zero-order valence-corrected chi connectivity index (χ0v) is 16.6. The molecular formula is C20H28N4O3. The molecule has 0 saturated heterocycles. The molecule has 0 aliphatic carbocycles. The molecule has 1 aromatic carbocycles. The Hall–Kier alpha value is -2.83. The predicted octanol–water partition coefficient (Wildman–Crippen LogP) is 2.56. The van der Waals surface area contributed by atoms with Gasteiger partial charge in [-0.05, 0) is 51.0 Å². The molecule has 0 unspecified atom stereocenters. The third-order valence-corrected chi connectivity index (χ3v) is 4.15. The van der Waals surface area contributed by atoms with Crippen LogP contribution in [0.1, 0.15) is 48.1 Å². The van der Waals surface area contributed by atoms with Gasteiger partial charge in [-0.2, -0.15) is 5.10 Å². The number of hydrogen-bond donors (Lipinski definition) is 2. The number of benzene rings is 1. The monoisotopic (exact) mass is 372 g/mol. The number of rotatable bonds is 7. The van der Waals surface area contributed by atoms with Crippen LogP contribution in [0.4, 0.5) is 0 Å². The summed E-state index contributed by atoms with van der Waals surface area (Å²) in [6.45, 7) is 11.4. The van der Waals surface area contributed by atoms with Gasteiger partial charge >= 0.3 is 0 Å². The summed E-state index contributed by atoms with van der Waals surface area (Å²) in [5.74, 6) is 0.500. The highest BCUT2D eigenvalue weighted by Gasteiger charge is 2.16. The number of nitrogens with zero attached hydrogens (tertiary/aromatic N) is 2. The van der Waals surface area contributed by atoms with Gasteiger partial charge in [-0.15, -0.1) is 0 Å². The van der Waals surface area contributed by atoms with Gasteiger partial charge in [-0.3, -0.25) is 25.1 Å². The van der Waals surface area contributed by atoms with Gasteiger partial charge in [0.15, 0.2) is 0 Å². The summed E-state index contributed by atoms with van der Waals surface area (Å²) < 4.78 is 7.28. The Bertz CT molecular complexity index is 794. The first-order valence-corrected chi connectivity index (χ1v) is 9.16. The van der Waals surface area contributed by atoms with Gasteiger partial charge in [-0.25, -0.2) is 0 Å².